The highest BCUT2D eigenvalue weighted by Gasteiger charge is 2.41. The highest BCUT2D eigenvalue weighted by atomic mass is 16.9. The van der Waals surface area contributed by atoms with Gasteiger partial charge in [0.05, 0.1) is 0 Å². The number of hydrogen-bond acceptors (Lipinski definition) is 4. The molecule has 0 bridgehead atoms. The maximum atomic E-state index is 6.54. The topological polar surface area (TPSA) is 36.9 Å². The molecule has 0 aliphatic heterocycles. The Morgan fingerprint density at radius 2 is 0.735 bits per heavy atom. The zero-order chi connectivity index (χ0) is 24.0. The molecule has 0 unspecified atom stereocenters. The van der Waals surface area contributed by atoms with Gasteiger partial charge >= 0.3 is 5.97 Å². The molecule has 174 valence electrons. The number of benzene rings is 4. The Labute approximate surface area is 201 Å². The van der Waals surface area contributed by atoms with Crippen LogP contribution in [0.4, 0.5) is 0 Å². The molecule has 0 heterocycles. The molecule has 4 heteroatoms. The van der Waals surface area contributed by atoms with Crippen LogP contribution in [-0.4, -0.2) is 12.6 Å². The van der Waals surface area contributed by atoms with Crippen LogP contribution >= 0.6 is 0 Å². The molecule has 0 amide bonds. The van der Waals surface area contributed by atoms with Crippen LogP contribution in [0.1, 0.15) is 22.3 Å². The van der Waals surface area contributed by atoms with Crippen molar-refractivity contribution in [3.63, 3.8) is 0 Å². The maximum absolute atomic E-state index is 6.54. The van der Waals surface area contributed by atoms with Crippen molar-refractivity contribution < 1.29 is 18.9 Å². The molecule has 0 spiro atoms. The second kappa shape index (κ2) is 10.3. The number of rotatable bonds is 9. The Morgan fingerprint density at radius 3 is 1.06 bits per heavy atom. The van der Waals surface area contributed by atoms with Crippen LogP contribution in [0.25, 0.3) is 0 Å². The van der Waals surface area contributed by atoms with E-state index < -0.39 is 5.97 Å². The fraction of sp³-hybridized carbons (Fsp3) is 0.200. The third-order valence-corrected chi connectivity index (χ3v) is 5.58. The van der Waals surface area contributed by atoms with Gasteiger partial charge in [0.1, 0.15) is 23.0 Å². The summed E-state index contributed by atoms with van der Waals surface area (Å²) < 4.78 is 25.9. The van der Waals surface area contributed by atoms with Crippen LogP contribution in [0, 0.1) is 27.7 Å². The molecule has 0 aliphatic rings. The molecule has 0 radical (unpaired) electrons. The van der Waals surface area contributed by atoms with Crippen molar-refractivity contribution in [2.75, 3.05) is 6.61 Å². The van der Waals surface area contributed by atoms with Crippen molar-refractivity contribution in [1.82, 2.24) is 0 Å². The molecule has 4 aromatic rings. The lowest BCUT2D eigenvalue weighted by Gasteiger charge is -2.35. The van der Waals surface area contributed by atoms with Crippen molar-refractivity contribution in [3.8, 4) is 23.0 Å². The summed E-state index contributed by atoms with van der Waals surface area (Å²) in [7, 11) is 0. The van der Waals surface area contributed by atoms with Gasteiger partial charge in [-0.1, -0.05) is 72.8 Å². The predicted octanol–water partition coefficient (Wildman–Crippen LogP) is 7.19. The normalized spacial score (nSPS) is 11.1. The van der Waals surface area contributed by atoms with E-state index in [4.69, 9.17) is 18.9 Å². The third-order valence-electron chi connectivity index (χ3n) is 5.58. The summed E-state index contributed by atoms with van der Waals surface area (Å²) in [5.41, 5.74) is 3.90. The molecule has 0 aliphatic carbocycles. The number of aryl methyl sites for hydroxylation is 4. The summed E-state index contributed by atoms with van der Waals surface area (Å²) in [6.07, 6.45) is 0. The summed E-state index contributed by atoms with van der Waals surface area (Å²) in [4.78, 5) is 0. The number of ether oxygens (including phenoxy) is 4. The van der Waals surface area contributed by atoms with Crippen molar-refractivity contribution in [2.45, 2.75) is 33.7 Å². The van der Waals surface area contributed by atoms with E-state index in [0.29, 0.717) is 17.2 Å². The molecule has 0 N–H and O–H groups in total. The van der Waals surface area contributed by atoms with Crippen LogP contribution in [0.5, 0.6) is 23.0 Å². The van der Waals surface area contributed by atoms with Gasteiger partial charge in [-0.05, 0) is 74.2 Å². The summed E-state index contributed by atoms with van der Waals surface area (Å²) in [6, 6.07) is 31.2. The second-order valence-corrected chi connectivity index (χ2v) is 8.34. The van der Waals surface area contributed by atoms with Crippen LogP contribution in [0.15, 0.2) is 97.1 Å². The molecule has 4 aromatic carbocycles. The van der Waals surface area contributed by atoms with Crippen LogP contribution in [0.3, 0.4) is 0 Å². The lowest BCUT2D eigenvalue weighted by molar-refractivity contribution is -0.267. The van der Waals surface area contributed by atoms with Crippen LogP contribution in [0.2, 0.25) is 0 Å². The second-order valence-electron chi connectivity index (χ2n) is 8.34. The summed E-state index contributed by atoms with van der Waals surface area (Å²) in [5.74, 6) is 1.10. The molecule has 0 saturated carbocycles. The first-order valence-electron chi connectivity index (χ1n) is 11.4. The van der Waals surface area contributed by atoms with E-state index >= 15 is 0 Å². The minimum absolute atomic E-state index is 0.00510. The Bertz CT molecular complexity index is 1130. The van der Waals surface area contributed by atoms with Crippen molar-refractivity contribution in [2.24, 2.45) is 0 Å². The van der Waals surface area contributed by atoms with E-state index in [9.17, 15) is 0 Å². The third kappa shape index (κ3) is 5.52. The Balaban J connectivity index is 1.79. The smallest absolute Gasteiger partial charge is 0.453 e. The van der Waals surface area contributed by atoms with Crippen molar-refractivity contribution >= 4 is 0 Å². The maximum Gasteiger partial charge on any atom is 0.453 e. The fourth-order valence-corrected chi connectivity index (χ4v) is 3.55. The van der Waals surface area contributed by atoms with Crippen LogP contribution < -0.4 is 18.9 Å². The molecular formula is C30H30O4. The average Bonchev–Trinajstić information content (AvgIpc) is 2.83. The Morgan fingerprint density at radius 1 is 0.441 bits per heavy atom. The standard InChI is InChI=1S/C30H30O4/c1-22-13-5-9-17-26(22)31-21-30(32-27-18-10-6-14-23(27)2,33-28-19-11-7-15-24(28)3)34-29-20-12-8-16-25(29)4/h5-20H,21H2,1-4H3. The number of para-hydroxylation sites is 4. The van der Waals surface area contributed by atoms with E-state index in [1.165, 1.54) is 0 Å². The lowest BCUT2D eigenvalue weighted by Crippen LogP contribution is -2.53. The SMILES string of the molecule is Cc1ccccc1OCC(Oc1ccccc1C)(Oc1ccccc1C)Oc1ccccc1C. The Kier molecular flexibility index (Phi) is 7.07. The molecule has 0 fully saturated rings. The van der Waals surface area contributed by atoms with Gasteiger partial charge in [-0.2, -0.15) is 0 Å². The minimum atomic E-state index is -1.59. The monoisotopic (exact) mass is 454 g/mol. The van der Waals surface area contributed by atoms with E-state index in [-0.39, 0.29) is 6.61 Å². The van der Waals surface area contributed by atoms with Gasteiger partial charge in [-0.25, -0.2) is 0 Å². The lowest BCUT2D eigenvalue weighted by atomic mass is 10.2. The van der Waals surface area contributed by atoms with Crippen molar-refractivity contribution in [1.29, 1.82) is 0 Å². The molecule has 4 rings (SSSR count). The van der Waals surface area contributed by atoms with Crippen molar-refractivity contribution in [3.05, 3.63) is 119 Å². The van der Waals surface area contributed by atoms with E-state index in [1.54, 1.807) is 0 Å². The molecule has 0 atom stereocenters. The van der Waals surface area contributed by atoms with Gasteiger partial charge in [-0.3, -0.25) is 0 Å². The molecule has 0 saturated heterocycles. The summed E-state index contributed by atoms with van der Waals surface area (Å²) >= 11 is 0. The molecular weight excluding hydrogens is 424 g/mol. The van der Waals surface area contributed by atoms with Gasteiger partial charge in [0.15, 0.2) is 0 Å². The molecule has 34 heavy (non-hydrogen) atoms. The van der Waals surface area contributed by atoms with Gasteiger partial charge in [0.2, 0.25) is 6.61 Å². The first kappa shape index (κ1) is 23.2. The zero-order valence-corrected chi connectivity index (χ0v) is 20.1. The van der Waals surface area contributed by atoms with Gasteiger partial charge in [-0.15, -0.1) is 0 Å². The first-order valence-corrected chi connectivity index (χ1v) is 11.4. The molecule has 0 aromatic heterocycles. The zero-order valence-electron chi connectivity index (χ0n) is 20.1. The predicted molar refractivity (Wildman–Crippen MR) is 135 cm³/mol. The minimum Gasteiger partial charge on any atom is -0.481 e. The summed E-state index contributed by atoms with van der Waals surface area (Å²) in [6.45, 7) is 7.97. The fourth-order valence-electron chi connectivity index (χ4n) is 3.55. The average molecular weight is 455 g/mol. The number of hydrogen-bond donors (Lipinski definition) is 0. The van der Waals surface area contributed by atoms with Gasteiger partial charge in [0, 0.05) is 0 Å². The van der Waals surface area contributed by atoms with E-state index in [0.717, 1.165) is 28.0 Å². The Hall–Kier alpha value is -3.92. The van der Waals surface area contributed by atoms with Gasteiger partial charge in [0.25, 0.3) is 0 Å². The van der Waals surface area contributed by atoms with Crippen LogP contribution in [-0.2, 0) is 0 Å². The summed E-state index contributed by atoms with van der Waals surface area (Å²) in [5, 5.41) is 0. The highest BCUT2D eigenvalue weighted by molar-refractivity contribution is 5.37. The molecule has 4 nitrogen and oxygen atoms in total. The first-order chi connectivity index (χ1) is 16.5. The van der Waals surface area contributed by atoms with E-state index in [2.05, 4.69) is 0 Å². The quantitative estimate of drug-likeness (QED) is 0.251. The highest BCUT2D eigenvalue weighted by Crippen LogP contribution is 2.32. The van der Waals surface area contributed by atoms with E-state index in [1.807, 2.05) is 125 Å². The largest absolute Gasteiger partial charge is 0.481 e. The van der Waals surface area contributed by atoms with Gasteiger partial charge < -0.3 is 18.9 Å².